The van der Waals surface area contributed by atoms with Crippen molar-refractivity contribution in [1.29, 1.82) is 0 Å². The molecule has 0 aliphatic heterocycles. The predicted molar refractivity (Wildman–Crippen MR) is 62.8 cm³/mol. The first-order valence-electron chi connectivity index (χ1n) is 4.54. The number of carbonyl (C=O) groups is 2. The Hall–Kier alpha value is -1.80. The molecule has 84 valence electrons. The number of carboxylic acids is 1. The van der Waals surface area contributed by atoms with Crippen molar-refractivity contribution in [2.75, 3.05) is 5.32 Å². The fourth-order valence-electron chi connectivity index (χ4n) is 1.24. The minimum absolute atomic E-state index is 0.0605. The maximum absolute atomic E-state index is 11.3. The van der Waals surface area contributed by atoms with Crippen LogP contribution in [-0.4, -0.2) is 17.0 Å². The van der Waals surface area contributed by atoms with Crippen molar-refractivity contribution in [1.82, 2.24) is 0 Å². The fraction of sp³-hybridized carbons (Fsp3) is 0.273. The van der Waals surface area contributed by atoms with Crippen molar-refractivity contribution < 1.29 is 14.7 Å². The topological polar surface area (TPSA) is 66.4 Å². The molecule has 16 heavy (non-hydrogen) atoms. The summed E-state index contributed by atoms with van der Waals surface area (Å²) in [5.41, 5.74) is 0.821. The van der Waals surface area contributed by atoms with Gasteiger partial charge < -0.3 is 10.4 Å². The number of thiophene rings is 1. The van der Waals surface area contributed by atoms with Crippen LogP contribution in [0.2, 0.25) is 0 Å². The van der Waals surface area contributed by atoms with Crippen LogP contribution in [0.3, 0.4) is 0 Å². The lowest BCUT2D eigenvalue weighted by atomic mass is 10.1. The lowest BCUT2D eigenvalue weighted by Gasteiger charge is -2.01. The number of rotatable bonds is 3. The van der Waals surface area contributed by atoms with E-state index in [4.69, 9.17) is 11.5 Å². The van der Waals surface area contributed by atoms with E-state index in [9.17, 15) is 9.59 Å². The highest BCUT2D eigenvalue weighted by atomic mass is 32.1. The third-order valence-electron chi connectivity index (χ3n) is 2.11. The smallest absolute Gasteiger partial charge is 0.338 e. The Labute approximate surface area is 97.3 Å². The van der Waals surface area contributed by atoms with Crippen molar-refractivity contribution in [3.63, 3.8) is 0 Å². The number of amides is 1. The van der Waals surface area contributed by atoms with E-state index in [1.165, 1.54) is 11.3 Å². The molecule has 0 saturated heterocycles. The molecule has 1 aromatic heterocycles. The maximum Gasteiger partial charge on any atom is 0.338 e. The number of carboxylic acid groups (broad SMARTS) is 1. The number of carbonyl (C=O) groups excluding carboxylic acids is 1. The molecule has 0 radical (unpaired) electrons. The Bertz CT molecular complexity index is 482. The van der Waals surface area contributed by atoms with Crippen molar-refractivity contribution in [3.05, 3.63) is 16.0 Å². The Morgan fingerprint density at radius 3 is 2.62 bits per heavy atom. The quantitative estimate of drug-likeness (QED) is 0.790. The molecule has 1 rings (SSSR count). The molecular weight excluding hydrogens is 226 g/mol. The molecule has 0 unspecified atom stereocenters. The molecule has 0 saturated carbocycles. The fourth-order valence-corrected chi connectivity index (χ4v) is 2.30. The van der Waals surface area contributed by atoms with Gasteiger partial charge in [-0.05, 0) is 19.4 Å². The Balaban J connectivity index is 3.06. The first kappa shape index (κ1) is 12.3. The second kappa shape index (κ2) is 4.81. The zero-order chi connectivity index (χ0) is 12.3. The summed E-state index contributed by atoms with van der Waals surface area (Å²) in [5.74, 6) is 0.790. The molecule has 1 heterocycles. The lowest BCUT2D eigenvalue weighted by molar-refractivity contribution is -0.115. The molecule has 4 nitrogen and oxygen atoms in total. The molecule has 0 spiro atoms. The van der Waals surface area contributed by atoms with Crippen molar-refractivity contribution >= 4 is 28.2 Å². The second-order valence-electron chi connectivity index (χ2n) is 3.22. The van der Waals surface area contributed by atoms with E-state index >= 15 is 0 Å². The average molecular weight is 237 g/mol. The zero-order valence-corrected chi connectivity index (χ0v) is 9.77. The maximum atomic E-state index is 11.3. The first-order chi connectivity index (χ1) is 7.47. The number of aromatic carboxylic acids is 1. The summed E-state index contributed by atoms with van der Waals surface area (Å²) in [6.45, 7) is 3.52. The van der Waals surface area contributed by atoms with E-state index in [1.807, 2.05) is 6.92 Å². The lowest BCUT2D eigenvalue weighted by Crippen LogP contribution is -2.12. The van der Waals surface area contributed by atoms with Gasteiger partial charge in [0.1, 0.15) is 5.00 Å². The largest absolute Gasteiger partial charge is 0.478 e. The highest BCUT2D eigenvalue weighted by Gasteiger charge is 2.19. The summed E-state index contributed by atoms with van der Waals surface area (Å²) in [7, 11) is 0. The average Bonchev–Trinajstić information content (AvgIpc) is 2.42. The summed E-state index contributed by atoms with van der Waals surface area (Å²) in [6.07, 6.45) is 4.93. The van der Waals surface area contributed by atoms with Crippen LogP contribution in [0, 0.1) is 26.2 Å². The summed E-state index contributed by atoms with van der Waals surface area (Å²) in [6, 6.07) is 0. The van der Waals surface area contributed by atoms with Crippen molar-refractivity contribution in [3.8, 4) is 12.3 Å². The van der Waals surface area contributed by atoms with Gasteiger partial charge in [-0.15, -0.1) is 17.8 Å². The number of terminal acetylenes is 1. The van der Waals surface area contributed by atoms with Gasteiger partial charge in [0.05, 0.1) is 12.0 Å². The Morgan fingerprint density at radius 1 is 1.50 bits per heavy atom. The second-order valence-corrected chi connectivity index (χ2v) is 4.45. The number of anilines is 1. The molecule has 0 atom stereocenters. The van der Waals surface area contributed by atoms with E-state index in [1.54, 1.807) is 6.92 Å². The van der Waals surface area contributed by atoms with E-state index in [-0.39, 0.29) is 17.9 Å². The molecule has 0 bridgehead atoms. The van der Waals surface area contributed by atoms with Crippen molar-refractivity contribution in [2.45, 2.75) is 20.3 Å². The molecule has 0 aliphatic carbocycles. The third kappa shape index (κ3) is 2.41. The van der Waals surface area contributed by atoms with Crippen LogP contribution >= 0.6 is 11.3 Å². The minimum atomic E-state index is -1.04. The molecule has 2 N–H and O–H groups in total. The van der Waals surface area contributed by atoms with E-state index in [0.717, 1.165) is 4.88 Å². The van der Waals surface area contributed by atoms with E-state index < -0.39 is 5.97 Å². The molecule has 0 fully saturated rings. The Kier molecular flexibility index (Phi) is 3.69. The van der Waals surface area contributed by atoms with Crippen LogP contribution in [0.1, 0.15) is 27.2 Å². The molecule has 1 aromatic rings. The summed E-state index contributed by atoms with van der Waals surface area (Å²) in [4.78, 5) is 23.1. The summed E-state index contributed by atoms with van der Waals surface area (Å²) >= 11 is 1.24. The predicted octanol–water partition coefficient (Wildman–Crippen LogP) is 2.02. The number of hydrogen-bond donors (Lipinski definition) is 2. The van der Waals surface area contributed by atoms with Crippen LogP contribution in [0.25, 0.3) is 0 Å². The standard InChI is InChI=1S/C11H11NO3S/c1-4-5-8(13)12-10-9(11(14)15)6(2)7(3)16-10/h1H,5H2,2-3H3,(H,12,13)(H,14,15). The molecule has 0 aromatic carbocycles. The number of nitrogens with one attached hydrogen (secondary N) is 1. The van der Waals surface area contributed by atoms with Crippen LogP contribution in [0.5, 0.6) is 0 Å². The first-order valence-corrected chi connectivity index (χ1v) is 5.35. The van der Waals surface area contributed by atoms with Gasteiger partial charge in [0.15, 0.2) is 0 Å². The van der Waals surface area contributed by atoms with E-state index in [2.05, 4.69) is 11.2 Å². The summed E-state index contributed by atoms with van der Waals surface area (Å²) < 4.78 is 0. The minimum Gasteiger partial charge on any atom is -0.478 e. The highest BCUT2D eigenvalue weighted by molar-refractivity contribution is 7.16. The van der Waals surface area contributed by atoms with Crippen LogP contribution in [-0.2, 0) is 4.79 Å². The van der Waals surface area contributed by atoms with E-state index in [0.29, 0.717) is 10.6 Å². The van der Waals surface area contributed by atoms with Gasteiger partial charge in [0, 0.05) is 4.88 Å². The normalized spacial score (nSPS) is 9.56. The number of aryl methyl sites for hydroxylation is 1. The SMILES string of the molecule is C#CCC(=O)Nc1sc(C)c(C)c1C(=O)O. The van der Waals surface area contributed by atoms with Gasteiger partial charge in [-0.1, -0.05) is 5.92 Å². The van der Waals surface area contributed by atoms with Crippen LogP contribution in [0.15, 0.2) is 0 Å². The van der Waals surface area contributed by atoms with Gasteiger partial charge in [-0.25, -0.2) is 4.79 Å². The third-order valence-corrected chi connectivity index (χ3v) is 3.24. The Morgan fingerprint density at radius 2 is 2.12 bits per heavy atom. The molecular formula is C11H11NO3S. The monoisotopic (exact) mass is 237 g/mol. The highest BCUT2D eigenvalue weighted by Crippen LogP contribution is 2.32. The van der Waals surface area contributed by atoms with Gasteiger partial charge in [0.2, 0.25) is 5.91 Å². The van der Waals surface area contributed by atoms with Gasteiger partial charge in [-0.2, -0.15) is 0 Å². The van der Waals surface area contributed by atoms with Crippen molar-refractivity contribution in [2.24, 2.45) is 0 Å². The van der Waals surface area contributed by atoms with Crippen LogP contribution in [0.4, 0.5) is 5.00 Å². The summed E-state index contributed by atoms with van der Waals surface area (Å²) in [5, 5.41) is 11.9. The van der Waals surface area contributed by atoms with Crippen LogP contribution < -0.4 is 5.32 Å². The number of hydrogen-bond acceptors (Lipinski definition) is 3. The van der Waals surface area contributed by atoms with Gasteiger partial charge in [0.25, 0.3) is 0 Å². The molecule has 1 amide bonds. The zero-order valence-electron chi connectivity index (χ0n) is 8.96. The molecule has 5 heteroatoms. The van der Waals surface area contributed by atoms with Gasteiger partial charge in [-0.3, -0.25) is 4.79 Å². The van der Waals surface area contributed by atoms with Gasteiger partial charge >= 0.3 is 5.97 Å². The molecule has 0 aliphatic rings.